The lowest BCUT2D eigenvalue weighted by Crippen LogP contribution is -2.41. The Kier molecular flexibility index (Phi) is 4.52. The van der Waals surface area contributed by atoms with Gasteiger partial charge in [0.15, 0.2) is 0 Å². The van der Waals surface area contributed by atoms with Crippen LogP contribution in [0.1, 0.15) is 57.8 Å². The molecule has 0 spiro atoms. The van der Waals surface area contributed by atoms with Crippen LogP contribution in [-0.2, 0) is 9.31 Å². The van der Waals surface area contributed by atoms with Crippen LogP contribution in [0.25, 0.3) is 0 Å². The van der Waals surface area contributed by atoms with E-state index in [1.165, 1.54) is 0 Å². The van der Waals surface area contributed by atoms with Gasteiger partial charge < -0.3 is 14.2 Å². The summed E-state index contributed by atoms with van der Waals surface area (Å²) in [6.45, 7) is 12.1. The van der Waals surface area contributed by atoms with Gasteiger partial charge in [-0.2, -0.15) is 0 Å². The number of likely N-dealkylation sites (tertiary alicyclic amines) is 1. The Morgan fingerprint density at radius 2 is 1.54 bits per heavy atom. The third-order valence-electron chi connectivity index (χ3n) is 5.75. The fraction of sp³-hybridized carbons (Fsp3) is 0.632. The van der Waals surface area contributed by atoms with E-state index in [-0.39, 0.29) is 24.2 Å². The van der Waals surface area contributed by atoms with Gasteiger partial charge in [-0.05, 0) is 64.1 Å². The van der Waals surface area contributed by atoms with Crippen molar-refractivity contribution in [1.82, 2.24) is 4.90 Å². The number of amides is 1. The largest absolute Gasteiger partial charge is 0.494 e. The molecule has 0 aromatic heterocycles. The molecule has 0 unspecified atom stereocenters. The molecule has 0 atom stereocenters. The minimum Gasteiger partial charge on any atom is -0.399 e. The molecule has 2 aliphatic rings. The van der Waals surface area contributed by atoms with Crippen molar-refractivity contribution in [3.8, 4) is 0 Å². The van der Waals surface area contributed by atoms with Crippen LogP contribution >= 0.6 is 0 Å². The topological polar surface area (TPSA) is 38.8 Å². The quantitative estimate of drug-likeness (QED) is 0.783. The third kappa shape index (κ3) is 3.24. The number of piperidine rings is 1. The van der Waals surface area contributed by atoms with Crippen molar-refractivity contribution >= 4 is 18.5 Å². The van der Waals surface area contributed by atoms with Crippen molar-refractivity contribution < 1.29 is 14.1 Å². The molecule has 1 aromatic carbocycles. The summed E-state index contributed by atoms with van der Waals surface area (Å²) in [6, 6.07) is 7.67. The van der Waals surface area contributed by atoms with Crippen LogP contribution < -0.4 is 5.46 Å². The van der Waals surface area contributed by atoms with Crippen LogP contribution in [0.4, 0.5) is 0 Å². The lowest BCUT2D eigenvalue weighted by molar-refractivity contribution is 0.00578. The molecule has 0 bridgehead atoms. The van der Waals surface area contributed by atoms with Gasteiger partial charge in [-0.3, -0.25) is 4.79 Å². The van der Waals surface area contributed by atoms with Gasteiger partial charge in [0.05, 0.1) is 11.2 Å². The number of hydrogen-bond donors (Lipinski definition) is 0. The first kappa shape index (κ1) is 17.5. The molecule has 2 saturated heterocycles. The number of carbonyl (C=O) groups excluding carboxylic acids is 1. The first-order chi connectivity index (χ1) is 11.2. The van der Waals surface area contributed by atoms with E-state index in [0.717, 1.165) is 42.9 Å². The number of hydrogen-bond acceptors (Lipinski definition) is 3. The van der Waals surface area contributed by atoms with Gasteiger partial charge in [0.25, 0.3) is 5.91 Å². The van der Waals surface area contributed by atoms with Crippen molar-refractivity contribution in [2.75, 3.05) is 13.1 Å². The van der Waals surface area contributed by atoms with E-state index in [1.807, 2.05) is 56.9 Å². The Balaban J connectivity index is 1.69. The highest BCUT2D eigenvalue weighted by molar-refractivity contribution is 6.62. The van der Waals surface area contributed by atoms with Crippen molar-refractivity contribution in [3.05, 3.63) is 29.8 Å². The van der Waals surface area contributed by atoms with E-state index >= 15 is 0 Å². The first-order valence-corrected chi connectivity index (χ1v) is 8.94. The van der Waals surface area contributed by atoms with Crippen LogP contribution in [0.3, 0.4) is 0 Å². The summed E-state index contributed by atoms with van der Waals surface area (Å²) in [7, 11) is -0.380. The molecular weight excluding hydrogens is 301 g/mol. The Labute approximate surface area is 145 Å². The molecule has 0 aliphatic carbocycles. The average Bonchev–Trinajstić information content (AvgIpc) is 2.76. The minimum atomic E-state index is -0.380. The molecule has 1 amide bonds. The average molecular weight is 329 g/mol. The minimum absolute atomic E-state index is 0.127. The molecule has 0 saturated carbocycles. The summed E-state index contributed by atoms with van der Waals surface area (Å²) in [5, 5.41) is 0. The van der Waals surface area contributed by atoms with Gasteiger partial charge in [-0.15, -0.1) is 0 Å². The third-order valence-corrected chi connectivity index (χ3v) is 5.75. The van der Waals surface area contributed by atoms with E-state index in [1.54, 1.807) is 0 Å². The van der Waals surface area contributed by atoms with Gasteiger partial charge >= 0.3 is 7.12 Å². The Bertz CT molecular complexity index is 588. The lowest BCUT2D eigenvalue weighted by Gasteiger charge is -2.32. The van der Waals surface area contributed by atoms with E-state index in [4.69, 9.17) is 9.31 Å². The zero-order chi connectivity index (χ0) is 17.5. The Hall–Kier alpha value is -1.33. The van der Waals surface area contributed by atoms with E-state index in [2.05, 4.69) is 6.92 Å². The number of rotatable bonds is 2. The highest BCUT2D eigenvalue weighted by Crippen LogP contribution is 2.36. The predicted octanol–water partition coefficient (Wildman–Crippen LogP) is 2.86. The summed E-state index contributed by atoms with van der Waals surface area (Å²) < 4.78 is 12.1. The lowest BCUT2D eigenvalue weighted by atomic mass is 9.79. The van der Waals surface area contributed by atoms with Crippen LogP contribution in [-0.4, -0.2) is 42.2 Å². The number of nitrogens with zero attached hydrogens (tertiary/aromatic N) is 1. The Morgan fingerprint density at radius 3 is 2.04 bits per heavy atom. The maximum Gasteiger partial charge on any atom is 0.494 e. The molecular formula is C19H28BNO3. The second kappa shape index (κ2) is 6.19. The van der Waals surface area contributed by atoms with Crippen LogP contribution in [0.2, 0.25) is 0 Å². The molecule has 3 rings (SSSR count). The van der Waals surface area contributed by atoms with E-state index in [0.29, 0.717) is 0 Å². The number of carbonyl (C=O) groups is 1. The Morgan fingerprint density at radius 1 is 1.04 bits per heavy atom. The van der Waals surface area contributed by atoms with Gasteiger partial charge in [0, 0.05) is 18.7 Å². The van der Waals surface area contributed by atoms with Crippen molar-refractivity contribution in [1.29, 1.82) is 0 Å². The predicted molar refractivity (Wildman–Crippen MR) is 96.5 cm³/mol. The second-order valence-electron chi connectivity index (χ2n) is 8.18. The summed E-state index contributed by atoms with van der Waals surface area (Å²) >= 11 is 0. The standard InChI is InChI=1S/C19H28BNO3/c1-14-10-12-21(13-11-14)17(22)15-6-8-16(9-7-15)20-23-18(2,3)19(4,5)24-20/h6-9,14H,10-13H2,1-5H3. The normalized spacial score (nSPS) is 23.5. The van der Waals surface area contributed by atoms with Gasteiger partial charge in [-0.1, -0.05) is 19.1 Å². The van der Waals surface area contributed by atoms with Gasteiger partial charge in [0.1, 0.15) is 0 Å². The maximum atomic E-state index is 12.6. The molecule has 24 heavy (non-hydrogen) atoms. The smallest absolute Gasteiger partial charge is 0.399 e. The highest BCUT2D eigenvalue weighted by atomic mass is 16.7. The van der Waals surface area contributed by atoms with Crippen molar-refractivity contribution in [2.45, 2.75) is 58.7 Å². The zero-order valence-electron chi connectivity index (χ0n) is 15.5. The van der Waals surface area contributed by atoms with Crippen molar-refractivity contribution in [3.63, 3.8) is 0 Å². The van der Waals surface area contributed by atoms with E-state index < -0.39 is 0 Å². The molecule has 0 N–H and O–H groups in total. The second-order valence-corrected chi connectivity index (χ2v) is 8.18. The SMILES string of the molecule is CC1CCN(C(=O)c2ccc(B3OC(C)(C)C(C)(C)O3)cc2)CC1. The highest BCUT2D eigenvalue weighted by Gasteiger charge is 2.51. The summed E-state index contributed by atoms with van der Waals surface area (Å²) in [4.78, 5) is 14.6. The molecule has 0 radical (unpaired) electrons. The van der Waals surface area contributed by atoms with E-state index in [9.17, 15) is 4.79 Å². The number of benzene rings is 1. The summed E-state index contributed by atoms with van der Waals surface area (Å²) in [6.07, 6.45) is 2.19. The summed E-state index contributed by atoms with van der Waals surface area (Å²) in [5.41, 5.74) is 0.995. The molecule has 1 aromatic rings. The molecule has 2 aliphatic heterocycles. The van der Waals surface area contributed by atoms with Gasteiger partial charge in [0.2, 0.25) is 0 Å². The van der Waals surface area contributed by atoms with Crippen molar-refractivity contribution in [2.24, 2.45) is 5.92 Å². The molecule has 2 fully saturated rings. The van der Waals surface area contributed by atoms with Crippen LogP contribution in [0.5, 0.6) is 0 Å². The van der Waals surface area contributed by atoms with Gasteiger partial charge in [-0.25, -0.2) is 0 Å². The molecule has 2 heterocycles. The first-order valence-electron chi connectivity index (χ1n) is 8.94. The maximum absolute atomic E-state index is 12.6. The van der Waals surface area contributed by atoms with Crippen LogP contribution in [0, 0.1) is 5.92 Å². The molecule has 130 valence electrons. The zero-order valence-corrected chi connectivity index (χ0v) is 15.5. The van der Waals surface area contributed by atoms with Crippen LogP contribution in [0.15, 0.2) is 24.3 Å². The fourth-order valence-electron chi connectivity index (χ4n) is 3.16. The molecule has 5 heteroatoms. The fourth-order valence-corrected chi connectivity index (χ4v) is 3.16. The molecule has 4 nitrogen and oxygen atoms in total. The summed E-state index contributed by atoms with van der Waals surface area (Å²) in [5.74, 6) is 0.849. The monoisotopic (exact) mass is 329 g/mol.